The molecule has 0 fully saturated rings. The lowest BCUT2D eigenvalue weighted by Crippen LogP contribution is -2.03. The third kappa shape index (κ3) is 3.40. The number of imidazole rings is 2. The molecule has 0 bridgehead atoms. The van der Waals surface area contributed by atoms with Crippen molar-refractivity contribution in [2.75, 3.05) is 7.11 Å². The molecule has 0 atom stereocenters. The van der Waals surface area contributed by atoms with E-state index in [-0.39, 0.29) is 5.75 Å². The van der Waals surface area contributed by atoms with Gasteiger partial charge in [-0.25, -0.2) is 9.97 Å². The van der Waals surface area contributed by atoms with Gasteiger partial charge in [-0.3, -0.25) is 9.13 Å². The summed E-state index contributed by atoms with van der Waals surface area (Å²) in [5.74, 6) is 1.36. The van der Waals surface area contributed by atoms with Crippen LogP contribution in [0.15, 0.2) is 66.1 Å². The summed E-state index contributed by atoms with van der Waals surface area (Å²) < 4.78 is 34.2. The standard InChI is InChI=1S/C19H16F2N4OS/c1-26-14-8-6-13(7-9-14)25-16-5-3-2-4-15(16)23-19(25)27-12-17-22-10-11-24(17)18(20)21/h2-11,18H,12H2,1H3. The zero-order valence-electron chi connectivity index (χ0n) is 14.4. The second-order valence-corrected chi connectivity index (χ2v) is 6.68. The molecular formula is C19H16F2N4OS. The van der Waals surface area contributed by atoms with Gasteiger partial charge in [-0.05, 0) is 36.4 Å². The number of thioether (sulfide) groups is 1. The Morgan fingerprint density at radius 1 is 1.11 bits per heavy atom. The summed E-state index contributed by atoms with van der Waals surface area (Å²) in [6, 6.07) is 15.4. The fourth-order valence-electron chi connectivity index (χ4n) is 2.84. The van der Waals surface area contributed by atoms with Gasteiger partial charge in [0.2, 0.25) is 0 Å². The Balaban J connectivity index is 1.72. The van der Waals surface area contributed by atoms with Crippen LogP contribution >= 0.6 is 11.8 Å². The van der Waals surface area contributed by atoms with Crippen LogP contribution in [0.5, 0.6) is 5.75 Å². The molecule has 8 heteroatoms. The summed E-state index contributed by atoms with van der Waals surface area (Å²) in [4.78, 5) is 8.72. The van der Waals surface area contributed by atoms with Crippen LogP contribution in [0, 0.1) is 0 Å². The normalized spacial score (nSPS) is 11.4. The summed E-state index contributed by atoms with van der Waals surface area (Å²) in [5, 5.41) is 0.713. The number of fused-ring (bicyclic) bond motifs is 1. The minimum atomic E-state index is -2.61. The number of alkyl halides is 2. The fraction of sp³-hybridized carbons (Fsp3) is 0.158. The summed E-state index contributed by atoms with van der Waals surface area (Å²) in [6.45, 7) is -2.61. The van der Waals surface area contributed by atoms with Gasteiger partial charge in [-0.1, -0.05) is 23.9 Å². The molecule has 2 aromatic carbocycles. The molecule has 0 aliphatic heterocycles. The number of rotatable bonds is 6. The fourth-order valence-corrected chi connectivity index (χ4v) is 3.82. The van der Waals surface area contributed by atoms with Crippen LogP contribution in [0.4, 0.5) is 8.78 Å². The molecule has 0 radical (unpaired) electrons. The Morgan fingerprint density at radius 3 is 2.63 bits per heavy atom. The highest BCUT2D eigenvalue weighted by Crippen LogP contribution is 2.31. The van der Waals surface area contributed by atoms with Gasteiger partial charge in [0.25, 0.3) is 0 Å². The van der Waals surface area contributed by atoms with Crippen LogP contribution in [0.2, 0.25) is 0 Å². The first-order valence-corrected chi connectivity index (χ1v) is 9.20. The number of halogens is 2. The first-order chi connectivity index (χ1) is 13.2. The van der Waals surface area contributed by atoms with E-state index < -0.39 is 6.55 Å². The highest BCUT2D eigenvalue weighted by atomic mass is 32.2. The van der Waals surface area contributed by atoms with E-state index in [4.69, 9.17) is 4.74 Å². The molecule has 0 unspecified atom stereocenters. The molecule has 0 amide bonds. The maximum atomic E-state index is 13.1. The Bertz CT molecular complexity index is 1060. The van der Waals surface area contributed by atoms with Gasteiger partial charge in [0.15, 0.2) is 5.16 Å². The molecule has 27 heavy (non-hydrogen) atoms. The van der Waals surface area contributed by atoms with Crippen molar-refractivity contribution in [2.24, 2.45) is 0 Å². The van der Waals surface area contributed by atoms with Gasteiger partial charge < -0.3 is 4.74 Å². The average molecular weight is 386 g/mol. The van der Waals surface area contributed by atoms with Crippen molar-refractivity contribution in [1.29, 1.82) is 0 Å². The molecule has 2 aromatic heterocycles. The summed E-state index contributed by atoms with van der Waals surface area (Å²) in [7, 11) is 1.62. The zero-order chi connectivity index (χ0) is 18.8. The van der Waals surface area contributed by atoms with Gasteiger partial charge in [0, 0.05) is 18.1 Å². The molecule has 4 aromatic rings. The molecule has 5 nitrogen and oxygen atoms in total. The Labute approximate surface area is 158 Å². The molecule has 0 saturated carbocycles. The number of ether oxygens (including phenoxy) is 1. The quantitative estimate of drug-likeness (QED) is 0.441. The second kappa shape index (κ2) is 7.40. The van der Waals surface area contributed by atoms with Crippen LogP contribution in [-0.2, 0) is 5.75 Å². The Kier molecular flexibility index (Phi) is 4.81. The van der Waals surface area contributed by atoms with Crippen molar-refractivity contribution in [3.63, 3.8) is 0 Å². The van der Waals surface area contributed by atoms with Crippen molar-refractivity contribution < 1.29 is 13.5 Å². The maximum absolute atomic E-state index is 13.1. The number of nitrogens with zero attached hydrogens (tertiary/aromatic N) is 4. The molecule has 138 valence electrons. The molecular weight excluding hydrogens is 370 g/mol. The van der Waals surface area contributed by atoms with Crippen LogP contribution in [0.3, 0.4) is 0 Å². The number of hydrogen-bond donors (Lipinski definition) is 0. The average Bonchev–Trinajstić information content (AvgIpc) is 3.30. The third-order valence-corrected chi connectivity index (χ3v) is 5.08. The van der Waals surface area contributed by atoms with E-state index in [0.717, 1.165) is 27.0 Å². The highest BCUT2D eigenvalue weighted by molar-refractivity contribution is 7.98. The second-order valence-electron chi connectivity index (χ2n) is 5.73. The van der Waals surface area contributed by atoms with Crippen molar-refractivity contribution in [3.8, 4) is 11.4 Å². The lowest BCUT2D eigenvalue weighted by Gasteiger charge is -2.10. The molecule has 0 saturated heterocycles. The molecule has 0 aliphatic rings. The van der Waals surface area contributed by atoms with Crippen LogP contribution in [0.1, 0.15) is 12.4 Å². The number of benzene rings is 2. The van der Waals surface area contributed by atoms with Crippen molar-refractivity contribution >= 4 is 22.8 Å². The van der Waals surface area contributed by atoms with E-state index in [2.05, 4.69) is 9.97 Å². The predicted octanol–water partition coefficient (Wildman–Crippen LogP) is 4.92. The molecule has 2 heterocycles. The van der Waals surface area contributed by atoms with Crippen molar-refractivity contribution in [1.82, 2.24) is 19.1 Å². The summed E-state index contributed by atoms with van der Waals surface area (Å²) in [5.41, 5.74) is 2.71. The van der Waals surface area contributed by atoms with Gasteiger partial charge >= 0.3 is 6.55 Å². The first kappa shape index (κ1) is 17.5. The van der Waals surface area contributed by atoms with Crippen LogP contribution < -0.4 is 4.74 Å². The minimum absolute atomic E-state index is 0.289. The van der Waals surface area contributed by atoms with E-state index in [1.54, 1.807) is 7.11 Å². The van der Waals surface area contributed by atoms with E-state index in [0.29, 0.717) is 11.0 Å². The number of aromatic nitrogens is 4. The smallest absolute Gasteiger partial charge is 0.319 e. The third-order valence-electron chi connectivity index (χ3n) is 4.15. The lowest BCUT2D eigenvalue weighted by atomic mass is 10.2. The number of methoxy groups -OCH3 is 1. The zero-order valence-corrected chi connectivity index (χ0v) is 15.2. The number of hydrogen-bond acceptors (Lipinski definition) is 4. The van der Waals surface area contributed by atoms with Crippen molar-refractivity contribution in [3.05, 3.63) is 66.7 Å². The Morgan fingerprint density at radius 2 is 1.89 bits per heavy atom. The highest BCUT2D eigenvalue weighted by Gasteiger charge is 2.16. The van der Waals surface area contributed by atoms with Gasteiger partial charge in [0.05, 0.1) is 23.9 Å². The molecule has 0 N–H and O–H groups in total. The molecule has 0 spiro atoms. The van der Waals surface area contributed by atoms with E-state index in [1.165, 1.54) is 24.2 Å². The Hall–Kier alpha value is -2.87. The van der Waals surface area contributed by atoms with E-state index in [9.17, 15) is 8.78 Å². The SMILES string of the molecule is COc1ccc(-n2c(SCc3nccn3C(F)F)nc3ccccc32)cc1. The van der Waals surface area contributed by atoms with E-state index >= 15 is 0 Å². The maximum Gasteiger partial charge on any atom is 0.319 e. The molecule has 4 rings (SSSR count). The van der Waals surface area contributed by atoms with E-state index in [1.807, 2.05) is 53.1 Å². The predicted molar refractivity (Wildman–Crippen MR) is 101 cm³/mol. The van der Waals surface area contributed by atoms with Gasteiger partial charge in [-0.2, -0.15) is 8.78 Å². The van der Waals surface area contributed by atoms with Crippen LogP contribution in [-0.4, -0.2) is 26.2 Å². The first-order valence-electron chi connectivity index (χ1n) is 8.22. The summed E-state index contributed by atoms with van der Waals surface area (Å²) in [6.07, 6.45) is 2.67. The number of para-hydroxylation sites is 2. The van der Waals surface area contributed by atoms with Crippen molar-refractivity contribution in [2.45, 2.75) is 17.5 Å². The van der Waals surface area contributed by atoms with Gasteiger partial charge in [-0.15, -0.1) is 0 Å². The topological polar surface area (TPSA) is 44.9 Å². The monoisotopic (exact) mass is 386 g/mol. The lowest BCUT2D eigenvalue weighted by molar-refractivity contribution is 0.0678. The summed E-state index contributed by atoms with van der Waals surface area (Å²) >= 11 is 1.37. The molecule has 0 aliphatic carbocycles. The van der Waals surface area contributed by atoms with Crippen LogP contribution in [0.25, 0.3) is 16.7 Å². The van der Waals surface area contributed by atoms with Gasteiger partial charge in [0.1, 0.15) is 11.6 Å². The minimum Gasteiger partial charge on any atom is -0.497 e. The largest absolute Gasteiger partial charge is 0.497 e.